The number of nitrogens with one attached hydrogen (secondary N) is 3. The van der Waals surface area contributed by atoms with Crippen molar-refractivity contribution in [3.8, 4) is 11.3 Å². The molecule has 0 fully saturated rings. The molecule has 3 rings (SSSR count). The minimum atomic E-state index is 0.00397. The van der Waals surface area contributed by atoms with E-state index >= 15 is 0 Å². The zero-order valence-corrected chi connectivity index (χ0v) is 16.4. The molecule has 2 heterocycles. The van der Waals surface area contributed by atoms with Crippen LogP contribution in [0.15, 0.2) is 36.5 Å². The summed E-state index contributed by atoms with van der Waals surface area (Å²) in [7, 11) is 1.81. The summed E-state index contributed by atoms with van der Waals surface area (Å²) in [4.78, 5) is 7.68. The Morgan fingerprint density at radius 2 is 2.00 bits per heavy atom. The molecule has 27 heavy (non-hydrogen) atoms. The molecule has 1 unspecified atom stereocenters. The van der Waals surface area contributed by atoms with Crippen molar-refractivity contribution in [3.05, 3.63) is 42.1 Å². The standard InChI is InChI=1S/C21H29N5O/c1-21(2,3)18(12-27)25-11-13-5-6-16-14(9-13)10-17(26-16)15-7-8-24-20(23-4)19(15)22/h5-10,18,25-27H,11-12,22H2,1-4H3,(H,23,24). The molecular weight excluding hydrogens is 338 g/mol. The van der Waals surface area contributed by atoms with E-state index in [1.807, 2.05) is 13.1 Å². The molecule has 0 amide bonds. The van der Waals surface area contributed by atoms with Gasteiger partial charge in [-0.25, -0.2) is 4.98 Å². The minimum absolute atomic E-state index is 0.00397. The smallest absolute Gasteiger partial charge is 0.149 e. The Bertz CT molecular complexity index is 926. The van der Waals surface area contributed by atoms with Gasteiger partial charge in [0.15, 0.2) is 0 Å². The molecule has 1 aromatic carbocycles. The molecule has 2 aromatic heterocycles. The minimum Gasteiger partial charge on any atom is -0.395 e. The summed E-state index contributed by atoms with van der Waals surface area (Å²) < 4.78 is 0. The first-order valence-electron chi connectivity index (χ1n) is 9.22. The van der Waals surface area contributed by atoms with Crippen molar-refractivity contribution < 1.29 is 5.11 Å². The molecule has 144 valence electrons. The zero-order chi connectivity index (χ0) is 19.6. The third-order valence-corrected chi connectivity index (χ3v) is 4.98. The summed E-state index contributed by atoms with van der Waals surface area (Å²) in [5.41, 5.74) is 11.0. The number of anilines is 2. The van der Waals surface area contributed by atoms with Gasteiger partial charge in [-0.15, -0.1) is 0 Å². The lowest BCUT2D eigenvalue weighted by Crippen LogP contribution is -2.42. The van der Waals surface area contributed by atoms with Crippen molar-refractivity contribution in [2.75, 3.05) is 24.7 Å². The first-order chi connectivity index (χ1) is 12.8. The highest BCUT2D eigenvalue weighted by molar-refractivity contribution is 5.90. The topological polar surface area (TPSA) is 99.0 Å². The predicted molar refractivity (Wildman–Crippen MR) is 113 cm³/mol. The van der Waals surface area contributed by atoms with Crippen LogP contribution in [0, 0.1) is 5.41 Å². The number of rotatable bonds is 6. The number of nitrogens with zero attached hydrogens (tertiary/aromatic N) is 1. The molecule has 6 heteroatoms. The van der Waals surface area contributed by atoms with Crippen molar-refractivity contribution in [2.45, 2.75) is 33.4 Å². The van der Waals surface area contributed by atoms with Crippen LogP contribution in [0.4, 0.5) is 11.5 Å². The van der Waals surface area contributed by atoms with Crippen molar-refractivity contribution in [1.82, 2.24) is 15.3 Å². The number of H-pyrrole nitrogens is 1. The maximum atomic E-state index is 9.62. The molecule has 0 aliphatic rings. The largest absolute Gasteiger partial charge is 0.395 e. The van der Waals surface area contributed by atoms with Gasteiger partial charge in [-0.3, -0.25) is 0 Å². The number of hydrogen-bond acceptors (Lipinski definition) is 5. The van der Waals surface area contributed by atoms with Gasteiger partial charge < -0.3 is 26.5 Å². The first kappa shape index (κ1) is 19.2. The van der Waals surface area contributed by atoms with E-state index in [4.69, 9.17) is 5.73 Å². The lowest BCUT2D eigenvalue weighted by Gasteiger charge is -2.30. The number of nitrogens with two attached hydrogens (primary N) is 1. The number of aliphatic hydroxyl groups is 1. The number of fused-ring (bicyclic) bond motifs is 1. The molecule has 1 atom stereocenters. The second-order valence-corrected chi connectivity index (χ2v) is 7.96. The summed E-state index contributed by atoms with van der Waals surface area (Å²) in [6.45, 7) is 7.21. The number of aliphatic hydroxyl groups excluding tert-OH is 1. The Balaban J connectivity index is 1.85. The summed E-state index contributed by atoms with van der Waals surface area (Å²) in [5, 5.41) is 17.2. The summed E-state index contributed by atoms with van der Waals surface area (Å²) in [5.74, 6) is 0.674. The number of nitrogen functional groups attached to an aromatic ring is 1. The van der Waals surface area contributed by atoms with Crippen LogP contribution in [0.5, 0.6) is 0 Å². The van der Waals surface area contributed by atoms with Gasteiger partial charge in [0.2, 0.25) is 0 Å². The fourth-order valence-corrected chi connectivity index (χ4v) is 3.23. The third kappa shape index (κ3) is 4.07. The van der Waals surface area contributed by atoms with E-state index < -0.39 is 0 Å². The number of pyridine rings is 1. The van der Waals surface area contributed by atoms with Crippen LogP contribution in [-0.4, -0.2) is 34.8 Å². The molecule has 0 saturated carbocycles. The van der Waals surface area contributed by atoms with Crippen LogP contribution in [0.1, 0.15) is 26.3 Å². The van der Waals surface area contributed by atoms with Gasteiger partial charge in [0.05, 0.1) is 12.3 Å². The van der Waals surface area contributed by atoms with Crippen molar-refractivity contribution >= 4 is 22.4 Å². The number of benzene rings is 1. The van der Waals surface area contributed by atoms with Crippen LogP contribution in [0.2, 0.25) is 0 Å². The van der Waals surface area contributed by atoms with Gasteiger partial charge in [0, 0.05) is 48.0 Å². The summed E-state index contributed by atoms with van der Waals surface area (Å²) in [6, 6.07) is 10.4. The number of hydrogen-bond donors (Lipinski definition) is 5. The van der Waals surface area contributed by atoms with Crippen LogP contribution < -0.4 is 16.4 Å². The highest BCUT2D eigenvalue weighted by Crippen LogP contribution is 2.32. The van der Waals surface area contributed by atoms with E-state index in [9.17, 15) is 5.11 Å². The van der Waals surface area contributed by atoms with E-state index in [-0.39, 0.29) is 18.1 Å². The van der Waals surface area contributed by atoms with Crippen LogP contribution in [0.3, 0.4) is 0 Å². The average molecular weight is 367 g/mol. The quantitative estimate of drug-likeness (QED) is 0.460. The van der Waals surface area contributed by atoms with Gasteiger partial charge in [-0.05, 0) is 35.2 Å². The number of aromatic nitrogens is 2. The van der Waals surface area contributed by atoms with Gasteiger partial charge in [-0.2, -0.15) is 0 Å². The maximum absolute atomic E-state index is 9.62. The normalized spacial score (nSPS) is 13.1. The van der Waals surface area contributed by atoms with Crippen molar-refractivity contribution in [1.29, 1.82) is 0 Å². The predicted octanol–water partition coefficient (Wildman–Crippen LogP) is 3.35. The highest BCUT2D eigenvalue weighted by Gasteiger charge is 2.23. The Hall–Kier alpha value is -2.57. The second-order valence-electron chi connectivity index (χ2n) is 7.96. The Labute approximate surface area is 160 Å². The number of aromatic amines is 1. The van der Waals surface area contributed by atoms with E-state index in [0.29, 0.717) is 18.1 Å². The fourth-order valence-electron chi connectivity index (χ4n) is 3.23. The molecule has 0 saturated heterocycles. The Morgan fingerprint density at radius 1 is 1.22 bits per heavy atom. The molecule has 6 nitrogen and oxygen atoms in total. The molecule has 0 aliphatic carbocycles. The summed E-state index contributed by atoms with van der Waals surface area (Å²) in [6.07, 6.45) is 1.75. The van der Waals surface area contributed by atoms with E-state index in [1.165, 1.54) is 5.56 Å². The summed E-state index contributed by atoms with van der Waals surface area (Å²) >= 11 is 0. The van der Waals surface area contributed by atoms with Gasteiger partial charge in [0.25, 0.3) is 0 Å². The Kier molecular flexibility index (Phi) is 5.39. The average Bonchev–Trinajstić information content (AvgIpc) is 3.04. The fraction of sp³-hybridized carbons (Fsp3) is 0.381. The highest BCUT2D eigenvalue weighted by atomic mass is 16.3. The maximum Gasteiger partial charge on any atom is 0.149 e. The van der Waals surface area contributed by atoms with Gasteiger partial charge in [-0.1, -0.05) is 26.8 Å². The zero-order valence-electron chi connectivity index (χ0n) is 16.4. The van der Waals surface area contributed by atoms with Crippen molar-refractivity contribution in [2.24, 2.45) is 5.41 Å². The van der Waals surface area contributed by atoms with Gasteiger partial charge >= 0.3 is 0 Å². The lowest BCUT2D eigenvalue weighted by atomic mass is 9.87. The van der Waals surface area contributed by atoms with Crippen LogP contribution in [0.25, 0.3) is 22.2 Å². The molecule has 0 bridgehead atoms. The van der Waals surface area contributed by atoms with Gasteiger partial charge in [0.1, 0.15) is 5.82 Å². The molecular formula is C21H29N5O. The molecule has 3 aromatic rings. The third-order valence-electron chi connectivity index (χ3n) is 4.98. The van der Waals surface area contributed by atoms with Crippen LogP contribution in [-0.2, 0) is 6.54 Å². The van der Waals surface area contributed by atoms with E-state index in [2.05, 4.69) is 65.6 Å². The Morgan fingerprint density at radius 3 is 2.67 bits per heavy atom. The molecule has 0 spiro atoms. The monoisotopic (exact) mass is 367 g/mol. The SMILES string of the molecule is CNc1nccc(-c2cc3cc(CNC(CO)C(C)(C)C)ccc3[nH]2)c1N. The molecule has 0 radical (unpaired) electrons. The molecule has 0 aliphatic heterocycles. The first-order valence-corrected chi connectivity index (χ1v) is 9.22. The molecule has 6 N–H and O–H groups in total. The lowest BCUT2D eigenvalue weighted by molar-refractivity contribution is 0.158. The van der Waals surface area contributed by atoms with Crippen molar-refractivity contribution in [3.63, 3.8) is 0 Å². The second kappa shape index (κ2) is 7.58. The van der Waals surface area contributed by atoms with E-state index in [0.717, 1.165) is 22.2 Å². The van der Waals surface area contributed by atoms with Crippen LogP contribution >= 0.6 is 0 Å². The van der Waals surface area contributed by atoms with E-state index in [1.54, 1.807) is 6.20 Å².